The van der Waals surface area contributed by atoms with E-state index < -0.39 is 0 Å². The molecule has 0 bridgehead atoms. The van der Waals surface area contributed by atoms with E-state index in [1.807, 2.05) is 0 Å². The molecule has 0 saturated heterocycles. The van der Waals surface area contributed by atoms with E-state index in [-0.39, 0.29) is 0 Å². The maximum atomic E-state index is 5.51. The van der Waals surface area contributed by atoms with Crippen molar-refractivity contribution in [3.05, 3.63) is 164 Å². The third-order valence-corrected chi connectivity index (χ3v) is 10.9. The summed E-state index contributed by atoms with van der Waals surface area (Å²) in [4.78, 5) is 16.5. The lowest BCUT2D eigenvalue weighted by molar-refractivity contribution is 1.02. The van der Waals surface area contributed by atoms with Gasteiger partial charge in [0.05, 0.1) is 38.8 Å². The smallest absolute Gasteiger partial charge is 0.235 e. The largest absolute Gasteiger partial charge is 0.291 e. The van der Waals surface area contributed by atoms with E-state index in [1.165, 1.54) is 10.8 Å². The van der Waals surface area contributed by atoms with E-state index in [4.69, 9.17) is 15.0 Å². The van der Waals surface area contributed by atoms with Crippen molar-refractivity contribution in [3.8, 4) is 17.2 Å². The van der Waals surface area contributed by atoms with Crippen molar-refractivity contribution < 1.29 is 0 Å². The fraction of sp³-hybridized carbons (Fsp3) is 0. The van der Waals surface area contributed by atoms with Crippen LogP contribution in [0.15, 0.2) is 164 Å². The molecule has 0 aliphatic rings. The second-order valence-corrected chi connectivity index (χ2v) is 13.6. The van der Waals surface area contributed by atoms with E-state index in [0.29, 0.717) is 5.95 Å². The second-order valence-electron chi connectivity index (χ2n) is 13.6. The molecule has 0 amide bonds. The lowest BCUT2D eigenvalue weighted by atomic mass is 10.0. The Labute approximate surface area is 296 Å². The van der Waals surface area contributed by atoms with Gasteiger partial charge in [-0.25, -0.2) is 15.0 Å². The normalized spacial score (nSPS) is 12.2. The standard InChI is InChI=1S/C47H27N5/c1-2-15-29(16-3-1)41-37-27-26-28-14-4-5-17-30(28)42(37)50-47(49-41)52-39-25-13-11-23-36(39)40-44(52)34-21-8-7-20-33(34)43-45(40)51-38-24-12-10-19-32(38)31-18-6-9-22-35(31)46(51)48-43/h1-27H. The van der Waals surface area contributed by atoms with Crippen molar-refractivity contribution in [1.29, 1.82) is 0 Å². The maximum absolute atomic E-state index is 5.51. The van der Waals surface area contributed by atoms with Crippen molar-refractivity contribution in [1.82, 2.24) is 23.9 Å². The highest BCUT2D eigenvalue weighted by atomic mass is 15.2. The molecule has 0 aliphatic carbocycles. The summed E-state index contributed by atoms with van der Waals surface area (Å²) in [5.74, 6) is 0.641. The van der Waals surface area contributed by atoms with Gasteiger partial charge >= 0.3 is 0 Å². The minimum Gasteiger partial charge on any atom is -0.291 e. The minimum absolute atomic E-state index is 0.641. The monoisotopic (exact) mass is 661 g/mol. The van der Waals surface area contributed by atoms with Gasteiger partial charge in [-0.3, -0.25) is 8.97 Å². The SMILES string of the molecule is c1ccc(-c2nc(-n3c4ccccc4c4c3c3ccccc3c3nc5c6ccccc6c6ccccc6n5c34)nc3c2ccc2ccccc23)cc1. The molecule has 0 N–H and O–H groups in total. The zero-order valence-corrected chi connectivity index (χ0v) is 27.8. The Balaban J connectivity index is 1.35. The van der Waals surface area contributed by atoms with Crippen molar-refractivity contribution in [3.63, 3.8) is 0 Å². The third-order valence-electron chi connectivity index (χ3n) is 10.9. The molecule has 4 aromatic heterocycles. The average molecular weight is 662 g/mol. The first kappa shape index (κ1) is 27.7. The molecule has 12 aromatic rings. The number of pyridine rings is 1. The number of hydrogen-bond acceptors (Lipinski definition) is 3. The first-order valence-corrected chi connectivity index (χ1v) is 17.6. The lowest BCUT2D eigenvalue weighted by Crippen LogP contribution is -2.04. The molecule has 0 saturated carbocycles. The quantitative estimate of drug-likeness (QED) is 0.173. The van der Waals surface area contributed by atoms with Gasteiger partial charge in [0.15, 0.2) is 0 Å². The molecular formula is C47H27N5. The van der Waals surface area contributed by atoms with Crippen LogP contribution in [0.4, 0.5) is 0 Å². The Morgan fingerprint density at radius 3 is 1.83 bits per heavy atom. The van der Waals surface area contributed by atoms with Gasteiger partial charge in [-0.15, -0.1) is 0 Å². The Hall–Kier alpha value is -7.11. The van der Waals surface area contributed by atoms with Gasteiger partial charge in [-0.05, 0) is 29.0 Å². The Bertz CT molecular complexity index is 3470. The molecule has 240 valence electrons. The van der Waals surface area contributed by atoms with Crippen molar-refractivity contribution in [2.75, 3.05) is 0 Å². The predicted molar refractivity (Wildman–Crippen MR) is 216 cm³/mol. The molecule has 0 atom stereocenters. The number of fused-ring (bicyclic) bond motifs is 18. The summed E-state index contributed by atoms with van der Waals surface area (Å²) in [6.45, 7) is 0. The van der Waals surface area contributed by atoms with E-state index in [2.05, 4.69) is 173 Å². The number of aromatic nitrogens is 5. The second kappa shape index (κ2) is 10.2. The molecule has 0 radical (unpaired) electrons. The van der Waals surface area contributed by atoms with Gasteiger partial charge in [0.25, 0.3) is 0 Å². The van der Waals surface area contributed by atoms with Crippen molar-refractivity contribution in [2.24, 2.45) is 0 Å². The fourth-order valence-electron chi connectivity index (χ4n) is 8.67. The third kappa shape index (κ3) is 3.59. The van der Waals surface area contributed by atoms with Crippen LogP contribution in [0.1, 0.15) is 0 Å². The summed E-state index contributed by atoms with van der Waals surface area (Å²) in [5.41, 5.74) is 9.19. The number of imidazole rings is 1. The maximum Gasteiger partial charge on any atom is 0.235 e. The average Bonchev–Trinajstić information content (AvgIpc) is 3.79. The van der Waals surface area contributed by atoms with Crippen LogP contribution in [0.25, 0.3) is 110 Å². The van der Waals surface area contributed by atoms with Crippen molar-refractivity contribution >= 4 is 92.6 Å². The van der Waals surface area contributed by atoms with Gasteiger partial charge in [0, 0.05) is 48.7 Å². The van der Waals surface area contributed by atoms with Crippen LogP contribution in [-0.2, 0) is 0 Å². The Morgan fingerprint density at radius 1 is 0.365 bits per heavy atom. The highest BCUT2D eigenvalue weighted by Gasteiger charge is 2.25. The number of hydrogen-bond donors (Lipinski definition) is 0. The molecule has 12 rings (SSSR count). The zero-order valence-electron chi connectivity index (χ0n) is 27.8. The van der Waals surface area contributed by atoms with Crippen LogP contribution in [0.2, 0.25) is 0 Å². The summed E-state index contributed by atoms with van der Waals surface area (Å²) >= 11 is 0. The van der Waals surface area contributed by atoms with Gasteiger partial charge in [0.1, 0.15) is 5.65 Å². The van der Waals surface area contributed by atoms with Crippen molar-refractivity contribution in [2.45, 2.75) is 0 Å². The summed E-state index contributed by atoms with van der Waals surface area (Å²) in [6.07, 6.45) is 0. The summed E-state index contributed by atoms with van der Waals surface area (Å²) in [7, 11) is 0. The molecule has 0 fully saturated rings. The zero-order chi connectivity index (χ0) is 33.9. The van der Waals surface area contributed by atoms with Crippen LogP contribution in [0.5, 0.6) is 0 Å². The Kier molecular flexibility index (Phi) is 5.44. The number of para-hydroxylation sites is 2. The number of rotatable bonds is 2. The fourth-order valence-corrected chi connectivity index (χ4v) is 8.67. The molecule has 4 heterocycles. The topological polar surface area (TPSA) is 48.0 Å². The molecule has 0 unspecified atom stereocenters. The highest BCUT2D eigenvalue weighted by Crippen LogP contribution is 2.44. The van der Waals surface area contributed by atoms with Crippen LogP contribution in [0.3, 0.4) is 0 Å². The molecule has 0 spiro atoms. The van der Waals surface area contributed by atoms with Gasteiger partial charge < -0.3 is 0 Å². The van der Waals surface area contributed by atoms with Crippen LogP contribution >= 0.6 is 0 Å². The first-order valence-electron chi connectivity index (χ1n) is 17.6. The summed E-state index contributed by atoms with van der Waals surface area (Å²) in [5, 5.41) is 11.3. The molecule has 5 nitrogen and oxygen atoms in total. The minimum atomic E-state index is 0.641. The van der Waals surface area contributed by atoms with E-state index in [9.17, 15) is 0 Å². The van der Waals surface area contributed by atoms with Crippen LogP contribution in [0, 0.1) is 0 Å². The van der Waals surface area contributed by atoms with Gasteiger partial charge in [-0.2, -0.15) is 0 Å². The molecule has 0 aliphatic heterocycles. The van der Waals surface area contributed by atoms with E-state index >= 15 is 0 Å². The Morgan fingerprint density at radius 2 is 1.00 bits per heavy atom. The van der Waals surface area contributed by atoms with Crippen LogP contribution in [-0.4, -0.2) is 23.9 Å². The van der Waals surface area contributed by atoms with E-state index in [1.54, 1.807) is 0 Å². The number of nitrogens with zero attached hydrogens (tertiary/aromatic N) is 5. The molecular weight excluding hydrogens is 635 g/mol. The predicted octanol–water partition coefficient (Wildman–Crippen LogP) is 11.8. The van der Waals surface area contributed by atoms with E-state index in [0.717, 1.165) is 93.1 Å². The van der Waals surface area contributed by atoms with Crippen LogP contribution < -0.4 is 0 Å². The van der Waals surface area contributed by atoms with Gasteiger partial charge in [-0.1, -0.05) is 146 Å². The molecule has 8 aromatic carbocycles. The van der Waals surface area contributed by atoms with Gasteiger partial charge in [0.2, 0.25) is 5.95 Å². The molecule has 52 heavy (non-hydrogen) atoms. The lowest BCUT2D eigenvalue weighted by Gasteiger charge is -2.14. The number of benzene rings is 8. The molecule has 5 heteroatoms. The first-order chi connectivity index (χ1) is 25.8. The summed E-state index contributed by atoms with van der Waals surface area (Å²) < 4.78 is 4.69. The highest BCUT2D eigenvalue weighted by molar-refractivity contribution is 6.32. The summed E-state index contributed by atoms with van der Waals surface area (Å²) in [6, 6.07) is 58.0.